The lowest BCUT2D eigenvalue weighted by molar-refractivity contribution is -0.121. The minimum absolute atomic E-state index is 0.0505. The Balaban J connectivity index is 1.37. The maximum Gasteiger partial charge on any atom is 0.326 e. The monoisotopic (exact) mass is 373 g/mol. The minimum Gasteiger partial charge on any atom is -0.305 e. The number of benzene rings is 1. The molecule has 5 nitrogen and oxygen atoms in total. The van der Waals surface area contributed by atoms with E-state index in [1.807, 2.05) is 0 Å². The first kappa shape index (κ1) is 17.2. The number of carbonyl (C=O) groups is 2. The fourth-order valence-corrected chi connectivity index (χ4v) is 4.52. The van der Waals surface area contributed by atoms with Crippen LogP contribution in [0.2, 0.25) is 0 Å². The first-order valence-corrected chi connectivity index (χ1v) is 9.65. The van der Waals surface area contributed by atoms with E-state index in [2.05, 4.69) is 27.0 Å². The molecule has 136 valence electrons. The van der Waals surface area contributed by atoms with Gasteiger partial charge in [0, 0.05) is 17.5 Å². The molecule has 1 aliphatic carbocycles. The third-order valence-electron chi connectivity index (χ3n) is 4.91. The smallest absolute Gasteiger partial charge is 0.305 e. The van der Waals surface area contributed by atoms with Crippen LogP contribution < -0.4 is 10.6 Å². The molecule has 2 aromatic rings. The van der Waals surface area contributed by atoms with Crippen molar-refractivity contribution in [2.24, 2.45) is 5.92 Å². The summed E-state index contributed by atoms with van der Waals surface area (Å²) in [5.41, 5.74) is 1.39. The molecule has 3 amide bonds. The molecule has 0 radical (unpaired) electrons. The fourth-order valence-electron chi connectivity index (χ4n) is 3.61. The highest BCUT2D eigenvalue weighted by molar-refractivity contribution is 7.10. The van der Waals surface area contributed by atoms with Gasteiger partial charge in [-0.25, -0.2) is 9.18 Å². The van der Waals surface area contributed by atoms with Gasteiger partial charge in [0.15, 0.2) is 0 Å². The maximum atomic E-state index is 13.6. The van der Waals surface area contributed by atoms with Crippen LogP contribution in [0.5, 0.6) is 0 Å². The number of rotatable bonds is 4. The van der Waals surface area contributed by atoms with Gasteiger partial charge in [0.2, 0.25) is 5.91 Å². The summed E-state index contributed by atoms with van der Waals surface area (Å²) in [4.78, 5) is 27.9. The van der Waals surface area contributed by atoms with Gasteiger partial charge in [0.05, 0.1) is 12.2 Å². The Kier molecular flexibility index (Phi) is 4.74. The summed E-state index contributed by atoms with van der Waals surface area (Å²) in [5, 5.41) is 6.80. The summed E-state index contributed by atoms with van der Waals surface area (Å²) >= 11 is 1.78. The van der Waals surface area contributed by atoms with Crippen molar-refractivity contribution in [3.8, 4) is 0 Å². The summed E-state index contributed by atoms with van der Waals surface area (Å²) in [7, 11) is 0. The first-order valence-electron chi connectivity index (χ1n) is 8.77. The number of halogens is 1. The molecule has 2 heterocycles. The lowest BCUT2D eigenvalue weighted by Crippen LogP contribution is -2.45. The van der Waals surface area contributed by atoms with Gasteiger partial charge in [-0.05, 0) is 54.3 Å². The van der Waals surface area contributed by atoms with E-state index in [-0.39, 0.29) is 24.2 Å². The van der Waals surface area contributed by atoms with E-state index in [0.717, 1.165) is 13.0 Å². The van der Waals surface area contributed by atoms with Crippen LogP contribution in [0.25, 0.3) is 0 Å². The van der Waals surface area contributed by atoms with Gasteiger partial charge in [-0.1, -0.05) is 12.1 Å². The Morgan fingerprint density at radius 1 is 1.23 bits per heavy atom. The second-order valence-electron chi connectivity index (χ2n) is 6.78. The van der Waals surface area contributed by atoms with Crippen molar-refractivity contribution in [1.82, 2.24) is 10.2 Å². The van der Waals surface area contributed by atoms with E-state index >= 15 is 0 Å². The molecule has 2 aliphatic rings. The van der Waals surface area contributed by atoms with Gasteiger partial charge in [0.25, 0.3) is 0 Å². The lowest BCUT2D eigenvalue weighted by Gasteiger charge is -2.35. The molecule has 7 heteroatoms. The number of imide groups is 1. The molecule has 0 unspecified atom stereocenters. The quantitative estimate of drug-likeness (QED) is 0.862. The molecule has 0 spiro atoms. The molecular weight excluding hydrogens is 353 g/mol. The van der Waals surface area contributed by atoms with E-state index in [1.165, 1.54) is 41.5 Å². The van der Waals surface area contributed by atoms with Gasteiger partial charge in [-0.2, -0.15) is 0 Å². The Morgan fingerprint density at radius 2 is 2.04 bits per heavy atom. The van der Waals surface area contributed by atoms with Crippen molar-refractivity contribution in [2.75, 3.05) is 18.4 Å². The Bertz CT molecular complexity index is 834. The van der Waals surface area contributed by atoms with Gasteiger partial charge < -0.3 is 5.32 Å². The second kappa shape index (κ2) is 7.17. The average molecular weight is 373 g/mol. The molecule has 26 heavy (non-hydrogen) atoms. The highest BCUT2D eigenvalue weighted by Gasteiger charge is 2.40. The number of carbonyl (C=O) groups excluding carboxylic acids is 2. The Labute approximate surface area is 155 Å². The van der Waals surface area contributed by atoms with Crippen molar-refractivity contribution in [3.63, 3.8) is 0 Å². The molecule has 2 N–H and O–H groups in total. The number of para-hydroxylation sites is 1. The molecule has 1 saturated carbocycles. The number of hydrogen-bond donors (Lipinski definition) is 2. The van der Waals surface area contributed by atoms with Gasteiger partial charge in [-0.3, -0.25) is 15.0 Å². The Hall–Kier alpha value is -2.25. The van der Waals surface area contributed by atoms with Gasteiger partial charge >= 0.3 is 6.03 Å². The molecule has 0 saturated heterocycles. The highest BCUT2D eigenvalue weighted by atomic mass is 32.1. The number of thiophene rings is 1. The predicted octanol–water partition coefficient (Wildman–Crippen LogP) is 3.54. The van der Waals surface area contributed by atoms with Crippen molar-refractivity contribution in [3.05, 3.63) is 52.0 Å². The van der Waals surface area contributed by atoms with Crippen molar-refractivity contribution >= 4 is 29.0 Å². The number of nitrogens with one attached hydrogen (secondary N) is 2. The largest absolute Gasteiger partial charge is 0.326 e. The first-order chi connectivity index (χ1) is 12.6. The third kappa shape index (κ3) is 3.64. The summed E-state index contributed by atoms with van der Waals surface area (Å²) in [6.45, 7) is 0.984. The van der Waals surface area contributed by atoms with Crippen LogP contribution in [0.4, 0.5) is 14.9 Å². The number of urea groups is 1. The fraction of sp³-hybridized carbons (Fsp3) is 0.368. The van der Waals surface area contributed by atoms with E-state index in [9.17, 15) is 14.0 Å². The standard InChI is InChI=1S/C19H20FN3O2S/c20-14-3-1-2-4-15(14)21-19(25)22-17(24)11-23-9-7-16-13(8-10-26-16)18(23)12-5-6-12/h1-4,8,10,12,18H,5-7,9,11H2,(H2,21,22,24,25)/t18-/m1/s1. The molecule has 0 bridgehead atoms. The minimum atomic E-state index is -0.712. The highest BCUT2D eigenvalue weighted by Crippen LogP contribution is 2.48. The van der Waals surface area contributed by atoms with Crippen LogP contribution >= 0.6 is 11.3 Å². The van der Waals surface area contributed by atoms with Crippen LogP contribution in [0.1, 0.15) is 29.3 Å². The van der Waals surface area contributed by atoms with E-state index < -0.39 is 11.8 Å². The molecule has 1 aliphatic heterocycles. The van der Waals surface area contributed by atoms with Crippen LogP contribution in [0, 0.1) is 11.7 Å². The van der Waals surface area contributed by atoms with Gasteiger partial charge in [0.1, 0.15) is 5.82 Å². The number of hydrogen-bond acceptors (Lipinski definition) is 4. The maximum absolute atomic E-state index is 13.6. The van der Waals surface area contributed by atoms with E-state index in [0.29, 0.717) is 5.92 Å². The molecule has 1 atom stereocenters. The summed E-state index contributed by atoms with van der Waals surface area (Å²) in [6, 6.07) is 7.58. The topological polar surface area (TPSA) is 61.4 Å². The summed E-state index contributed by atoms with van der Waals surface area (Å²) < 4.78 is 13.6. The third-order valence-corrected chi connectivity index (χ3v) is 5.90. The number of nitrogens with zero attached hydrogens (tertiary/aromatic N) is 1. The second-order valence-corrected chi connectivity index (χ2v) is 7.78. The SMILES string of the molecule is O=C(CN1CCc2sccc2[C@H]1C1CC1)NC(=O)Nc1ccccc1F. The molecule has 1 aromatic carbocycles. The van der Waals surface area contributed by atoms with E-state index in [4.69, 9.17) is 0 Å². The number of fused-ring (bicyclic) bond motifs is 1. The Morgan fingerprint density at radius 3 is 2.81 bits per heavy atom. The van der Waals surface area contributed by atoms with Crippen LogP contribution in [0.3, 0.4) is 0 Å². The van der Waals surface area contributed by atoms with Crippen molar-refractivity contribution in [2.45, 2.75) is 25.3 Å². The van der Waals surface area contributed by atoms with Crippen molar-refractivity contribution in [1.29, 1.82) is 0 Å². The molecule has 1 aromatic heterocycles. The zero-order valence-corrected chi connectivity index (χ0v) is 15.0. The summed E-state index contributed by atoms with van der Waals surface area (Å²) in [5.74, 6) is -0.309. The zero-order valence-electron chi connectivity index (χ0n) is 14.2. The average Bonchev–Trinajstić information content (AvgIpc) is 3.33. The van der Waals surface area contributed by atoms with Crippen LogP contribution in [-0.4, -0.2) is 29.9 Å². The number of anilines is 1. The predicted molar refractivity (Wildman–Crippen MR) is 98.6 cm³/mol. The van der Waals surface area contributed by atoms with Crippen molar-refractivity contribution < 1.29 is 14.0 Å². The molecule has 1 fully saturated rings. The van der Waals surface area contributed by atoms with Crippen LogP contribution in [-0.2, 0) is 11.2 Å². The molecular formula is C19H20FN3O2S. The van der Waals surface area contributed by atoms with E-state index in [1.54, 1.807) is 17.4 Å². The summed E-state index contributed by atoms with van der Waals surface area (Å²) in [6.07, 6.45) is 3.31. The van der Waals surface area contributed by atoms with Gasteiger partial charge in [-0.15, -0.1) is 11.3 Å². The van der Waals surface area contributed by atoms with Crippen LogP contribution in [0.15, 0.2) is 35.7 Å². The lowest BCUT2D eigenvalue weighted by atomic mass is 9.96. The normalized spacial score (nSPS) is 19.7. The molecule has 4 rings (SSSR count). The number of amides is 3. The zero-order chi connectivity index (χ0) is 18.1.